The molecule has 0 bridgehead atoms. The quantitative estimate of drug-likeness (QED) is 0.810. The lowest BCUT2D eigenvalue weighted by molar-refractivity contribution is 0.0729. The highest BCUT2D eigenvalue weighted by Gasteiger charge is 2.25. The number of pyridine rings is 1. The van der Waals surface area contributed by atoms with Gasteiger partial charge < -0.3 is 10.1 Å². The molecule has 0 saturated carbocycles. The molecule has 3 rings (SSSR count). The number of ether oxygens (including phenoxy) is 1. The number of sulfonamides is 1. The Morgan fingerprint density at radius 2 is 1.80 bits per heavy atom. The maximum atomic E-state index is 12.6. The van der Waals surface area contributed by atoms with Crippen LogP contribution >= 0.6 is 0 Å². The first-order valence-corrected chi connectivity index (χ1v) is 9.98. The van der Waals surface area contributed by atoms with E-state index in [9.17, 15) is 8.42 Å². The van der Waals surface area contributed by atoms with Crippen LogP contribution in [-0.4, -0.2) is 44.0 Å². The first-order valence-electron chi connectivity index (χ1n) is 8.37. The number of benzene rings is 1. The second kappa shape index (κ2) is 8.53. The number of rotatable bonds is 7. The molecule has 1 aliphatic heterocycles. The Kier molecular flexibility index (Phi) is 6.14. The van der Waals surface area contributed by atoms with Gasteiger partial charge in [0.05, 0.1) is 19.0 Å². The van der Waals surface area contributed by atoms with Crippen LogP contribution < -0.4 is 5.32 Å². The molecule has 0 atom stereocenters. The lowest BCUT2D eigenvalue weighted by Crippen LogP contribution is -2.41. The lowest BCUT2D eigenvalue weighted by Gasteiger charge is -2.26. The number of nitrogens with one attached hydrogen (secondary N) is 1. The van der Waals surface area contributed by atoms with Gasteiger partial charge in [0.25, 0.3) is 0 Å². The molecule has 1 aromatic heterocycles. The molecular weight excluding hydrogens is 338 g/mol. The number of morpholine rings is 1. The van der Waals surface area contributed by atoms with Crippen molar-refractivity contribution in [2.24, 2.45) is 0 Å². The minimum absolute atomic E-state index is 0.0255. The highest BCUT2D eigenvalue weighted by atomic mass is 32.2. The van der Waals surface area contributed by atoms with E-state index >= 15 is 0 Å². The Bertz CT molecular complexity index is 775. The first-order chi connectivity index (χ1) is 12.1. The van der Waals surface area contributed by atoms with Gasteiger partial charge in [0, 0.05) is 38.6 Å². The number of aromatic nitrogens is 1. The van der Waals surface area contributed by atoms with Gasteiger partial charge in [-0.3, -0.25) is 4.98 Å². The molecule has 0 aliphatic carbocycles. The van der Waals surface area contributed by atoms with E-state index in [4.69, 9.17) is 4.74 Å². The molecule has 6 nitrogen and oxygen atoms in total. The van der Waals surface area contributed by atoms with Gasteiger partial charge in [0.2, 0.25) is 10.0 Å². The van der Waals surface area contributed by atoms with Crippen LogP contribution in [0.25, 0.3) is 0 Å². The van der Waals surface area contributed by atoms with E-state index in [0.717, 1.165) is 16.7 Å². The van der Waals surface area contributed by atoms with E-state index in [2.05, 4.69) is 10.3 Å². The van der Waals surface area contributed by atoms with Crippen LogP contribution in [0.2, 0.25) is 0 Å². The zero-order valence-corrected chi connectivity index (χ0v) is 14.9. The van der Waals surface area contributed by atoms with Gasteiger partial charge in [0.15, 0.2) is 0 Å². The van der Waals surface area contributed by atoms with Crippen molar-refractivity contribution in [1.29, 1.82) is 0 Å². The van der Waals surface area contributed by atoms with E-state index in [0.29, 0.717) is 39.4 Å². The Balaban J connectivity index is 1.64. The maximum Gasteiger partial charge on any atom is 0.218 e. The fraction of sp³-hybridized carbons (Fsp3) is 0.389. The summed E-state index contributed by atoms with van der Waals surface area (Å²) < 4.78 is 32.1. The van der Waals surface area contributed by atoms with E-state index in [-0.39, 0.29) is 5.75 Å². The average Bonchev–Trinajstić information content (AvgIpc) is 2.64. The van der Waals surface area contributed by atoms with Crippen molar-refractivity contribution in [1.82, 2.24) is 14.6 Å². The third-order valence-corrected chi connectivity index (χ3v) is 6.01. The Morgan fingerprint density at radius 3 is 2.52 bits per heavy atom. The maximum absolute atomic E-state index is 12.6. The molecule has 0 radical (unpaired) electrons. The molecule has 1 saturated heterocycles. The summed E-state index contributed by atoms with van der Waals surface area (Å²) in [4.78, 5) is 4.09. The standard InChI is InChI=1S/C18H23N3O3S/c22-25(23,21-8-10-24-11-9-21)15-18-6-2-1-5-17(18)14-20-13-16-4-3-7-19-12-16/h1-7,12,20H,8-11,13-15H2. The van der Waals surface area contributed by atoms with Crippen molar-refractivity contribution in [3.63, 3.8) is 0 Å². The fourth-order valence-electron chi connectivity index (χ4n) is 2.83. The van der Waals surface area contributed by atoms with Gasteiger partial charge in [-0.1, -0.05) is 30.3 Å². The molecule has 7 heteroatoms. The smallest absolute Gasteiger partial charge is 0.218 e. The van der Waals surface area contributed by atoms with Gasteiger partial charge >= 0.3 is 0 Å². The van der Waals surface area contributed by atoms with E-state index in [1.165, 1.54) is 4.31 Å². The van der Waals surface area contributed by atoms with Crippen LogP contribution in [0.4, 0.5) is 0 Å². The predicted molar refractivity (Wildman–Crippen MR) is 96.2 cm³/mol. The zero-order valence-electron chi connectivity index (χ0n) is 14.1. The van der Waals surface area contributed by atoms with E-state index in [1.807, 2.05) is 42.6 Å². The molecule has 25 heavy (non-hydrogen) atoms. The third kappa shape index (κ3) is 5.09. The van der Waals surface area contributed by atoms with E-state index < -0.39 is 10.0 Å². The van der Waals surface area contributed by atoms with Crippen LogP contribution in [0.1, 0.15) is 16.7 Å². The average molecular weight is 361 g/mol. The molecule has 1 fully saturated rings. The largest absolute Gasteiger partial charge is 0.379 e. The highest BCUT2D eigenvalue weighted by molar-refractivity contribution is 7.88. The Morgan fingerprint density at radius 1 is 1.04 bits per heavy atom. The van der Waals surface area contributed by atoms with Crippen molar-refractivity contribution >= 4 is 10.0 Å². The summed E-state index contributed by atoms with van der Waals surface area (Å²) in [5.41, 5.74) is 2.94. The summed E-state index contributed by atoms with van der Waals surface area (Å²) >= 11 is 0. The number of nitrogens with zero attached hydrogens (tertiary/aromatic N) is 2. The fourth-order valence-corrected chi connectivity index (χ4v) is 4.39. The summed E-state index contributed by atoms with van der Waals surface area (Å²) in [6.45, 7) is 3.11. The van der Waals surface area contributed by atoms with Gasteiger partial charge in [-0.2, -0.15) is 4.31 Å². The van der Waals surface area contributed by atoms with Gasteiger partial charge in [-0.05, 0) is 22.8 Å². The van der Waals surface area contributed by atoms with Crippen molar-refractivity contribution in [3.05, 3.63) is 65.5 Å². The summed E-state index contributed by atoms with van der Waals surface area (Å²) in [6, 6.07) is 11.6. The Labute approximate surface area is 148 Å². The summed E-state index contributed by atoms with van der Waals surface area (Å²) in [5.74, 6) is 0.0255. The minimum atomic E-state index is -3.32. The molecule has 2 aromatic rings. The minimum Gasteiger partial charge on any atom is -0.379 e. The van der Waals surface area contributed by atoms with Crippen molar-refractivity contribution in [2.45, 2.75) is 18.8 Å². The monoisotopic (exact) mass is 361 g/mol. The second-order valence-electron chi connectivity index (χ2n) is 6.00. The van der Waals surface area contributed by atoms with Crippen LogP contribution in [-0.2, 0) is 33.6 Å². The zero-order chi connectivity index (χ0) is 17.5. The molecule has 1 N–H and O–H groups in total. The molecule has 134 valence electrons. The van der Waals surface area contributed by atoms with Crippen LogP contribution in [0.15, 0.2) is 48.8 Å². The van der Waals surface area contributed by atoms with Gasteiger partial charge in [0.1, 0.15) is 0 Å². The molecule has 0 unspecified atom stereocenters. The van der Waals surface area contributed by atoms with Crippen molar-refractivity contribution in [3.8, 4) is 0 Å². The number of hydrogen-bond acceptors (Lipinski definition) is 5. The van der Waals surface area contributed by atoms with Gasteiger partial charge in [-0.15, -0.1) is 0 Å². The second-order valence-corrected chi connectivity index (χ2v) is 7.97. The lowest BCUT2D eigenvalue weighted by atomic mass is 10.1. The molecule has 1 aliphatic rings. The highest BCUT2D eigenvalue weighted by Crippen LogP contribution is 2.16. The normalized spacial score (nSPS) is 16.0. The SMILES string of the molecule is O=S(=O)(Cc1ccccc1CNCc1cccnc1)N1CCOCC1. The molecular formula is C18H23N3O3S. The van der Waals surface area contributed by atoms with Crippen LogP contribution in [0.3, 0.4) is 0 Å². The van der Waals surface area contributed by atoms with Crippen LogP contribution in [0, 0.1) is 0 Å². The molecule has 0 spiro atoms. The summed E-state index contributed by atoms with van der Waals surface area (Å²) in [5, 5.41) is 3.36. The van der Waals surface area contributed by atoms with Crippen molar-refractivity contribution < 1.29 is 13.2 Å². The molecule has 0 amide bonds. The predicted octanol–water partition coefficient (Wildman–Crippen LogP) is 1.53. The van der Waals surface area contributed by atoms with Crippen LogP contribution in [0.5, 0.6) is 0 Å². The van der Waals surface area contributed by atoms with Crippen molar-refractivity contribution in [2.75, 3.05) is 26.3 Å². The topological polar surface area (TPSA) is 71.5 Å². The molecule has 2 heterocycles. The summed E-state index contributed by atoms with van der Waals surface area (Å²) in [7, 11) is -3.32. The Hall–Kier alpha value is -1.80. The molecule has 1 aromatic carbocycles. The summed E-state index contributed by atoms with van der Waals surface area (Å²) in [6.07, 6.45) is 3.57. The third-order valence-electron chi connectivity index (χ3n) is 4.19. The first kappa shape index (κ1) is 18.0. The van der Waals surface area contributed by atoms with E-state index in [1.54, 1.807) is 6.20 Å². The number of hydrogen-bond donors (Lipinski definition) is 1. The van der Waals surface area contributed by atoms with Gasteiger partial charge in [-0.25, -0.2) is 8.42 Å².